The van der Waals surface area contributed by atoms with Crippen LogP contribution >= 0.6 is 11.6 Å². The Bertz CT molecular complexity index is 336. The maximum absolute atomic E-state index is 8.98. The van der Waals surface area contributed by atoms with E-state index in [4.69, 9.17) is 21.8 Å². The highest BCUT2D eigenvalue weighted by molar-refractivity contribution is 6.31. The molecule has 0 saturated carbocycles. The van der Waals surface area contributed by atoms with Crippen molar-refractivity contribution in [3.05, 3.63) is 28.8 Å². The standard InChI is InChI=1S/C9H7ClO2/c10-9-6-8(12)4-3-7(9)2-1-5-11/h3-4,6,11-12H,5H2. The van der Waals surface area contributed by atoms with Crippen molar-refractivity contribution in [2.75, 3.05) is 6.61 Å². The van der Waals surface area contributed by atoms with Gasteiger partial charge in [0.2, 0.25) is 0 Å². The SMILES string of the molecule is OCC#Cc1ccc(O)cc1Cl. The lowest BCUT2D eigenvalue weighted by atomic mass is 10.2. The molecule has 62 valence electrons. The number of rotatable bonds is 0. The minimum Gasteiger partial charge on any atom is -0.508 e. The third-order valence-corrected chi connectivity index (χ3v) is 1.57. The van der Waals surface area contributed by atoms with Gasteiger partial charge in [-0.05, 0) is 18.2 Å². The fourth-order valence-corrected chi connectivity index (χ4v) is 0.962. The molecule has 0 heterocycles. The number of benzene rings is 1. The highest BCUT2D eigenvalue weighted by Crippen LogP contribution is 2.20. The normalized spacial score (nSPS) is 8.83. The molecule has 2 N–H and O–H groups in total. The summed E-state index contributed by atoms with van der Waals surface area (Å²) in [4.78, 5) is 0. The second-order valence-corrected chi connectivity index (χ2v) is 2.53. The summed E-state index contributed by atoms with van der Waals surface area (Å²) in [5, 5.41) is 17.8. The van der Waals surface area contributed by atoms with Gasteiger partial charge in [0.05, 0.1) is 5.02 Å². The molecule has 0 fully saturated rings. The number of phenolic OH excluding ortho intramolecular Hbond substituents is 1. The zero-order chi connectivity index (χ0) is 8.97. The van der Waals surface area contributed by atoms with Crippen LogP contribution < -0.4 is 0 Å². The van der Waals surface area contributed by atoms with Crippen LogP contribution in [-0.4, -0.2) is 16.8 Å². The van der Waals surface area contributed by atoms with E-state index in [1.54, 1.807) is 6.07 Å². The summed E-state index contributed by atoms with van der Waals surface area (Å²) in [7, 11) is 0. The van der Waals surface area contributed by atoms with E-state index < -0.39 is 0 Å². The van der Waals surface area contributed by atoms with Gasteiger partial charge in [0.15, 0.2) is 0 Å². The van der Waals surface area contributed by atoms with E-state index in [9.17, 15) is 0 Å². The molecular weight excluding hydrogens is 176 g/mol. The number of aromatic hydroxyl groups is 1. The molecule has 0 bridgehead atoms. The minimum absolute atomic E-state index is 0.106. The van der Waals surface area contributed by atoms with Crippen molar-refractivity contribution in [2.45, 2.75) is 0 Å². The number of aliphatic hydroxyl groups excluding tert-OH is 1. The van der Waals surface area contributed by atoms with Gasteiger partial charge in [-0.25, -0.2) is 0 Å². The van der Waals surface area contributed by atoms with E-state index in [0.717, 1.165) is 0 Å². The van der Waals surface area contributed by atoms with Crippen molar-refractivity contribution < 1.29 is 10.2 Å². The van der Waals surface area contributed by atoms with Gasteiger partial charge in [-0.3, -0.25) is 0 Å². The lowest BCUT2D eigenvalue weighted by molar-refractivity contribution is 0.350. The number of halogens is 1. The second kappa shape index (κ2) is 4.01. The quantitative estimate of drug-likeness (QED) is 0.596. The predicted octanol–water partition coefficient (Wildman–Crippen LogP) is 1.39. The molecule has 12 heavy (non-hydrogen) atoms. The maximum Gasteiger partial charge on any atom is 0.117 e. The van der Waals surface area contributed by atoms with Crippen LogP contribution in [0.1, 0.15) is 5.56 Å². The lowest BCUT2D eigenvalue weighted by Crippen LogP contribution is -1.78. The molecule has 1 rings (SSSR count). The van der Waals surface area contributed by atoms with Gasteiger partial charge < -0.3 is 10.2 Å². The first kappa shape index (κ1) is 8.92. The van der Waals surface area contributed by atoms with Gasteiger partial charge >= 0.3 is 0 Å². The summed E-state index contributed by atoms with van der Waals surface area (Å²) < 4.78 is 0. The Labute approximate surface area is 75.4 Å². The van der Waals surface area contributed by atoms with Gasteiger partial charge in [0.25, 0.3) is 0 Å². The summed E-state index contributed by atoms with van der Waals surface area (Å²) in [6.07, 6.45) is 0. The van der Waals surface area contributed by atoms with Crippen molar-refractivity contribution >= 4 is 11.6 Å². The van der Waals surface area contributed by atoms with Crippen molar-refractivity contribution in [3.8, 4) is 17.6 Å². The van der Waals surface area contributed by atoms with Crippen molar-refractivity contribution in [1.82, 2.24) is 0 Å². The molecule has 0 aromatic heterocycles. The van der Waals surface area contributed by atoms with E-state index in [-0.39, 0.29) is 12.4 Å². The summed E-state index contributed by atoms with van der Waals surface area (Å²) in [5.41, 5.74) is 0.600. The van der Waals surface area contributed by atoms with Crippen molar-refractivity contribution in [1.29, 1.82) is 0 Å². The first-order valence-corrected chi connectivity index (χ1v) is 3.70. The molecule has 1 aromatic rings. The molecule has 0 radical (unpaired) electrons. The van der Waals surface area contributed by atoms with Crippen LogP contribution in [0.25, 0.3) is 0 Å². The number of hydrogen-bond donors (Lipinski definition) is 2. The molecule has 0 saturated heterocycles. The molecule has 0 unspecified atom stereocenters. The fraction of sp³-hybridized carbons (Fsp3) is 0.111. The average molecular weight is 183 g/mol. The Morgan fingerprint density at radius 2 is 2.17 bits per heavy atom. The van der Waals surface area contributed by atoms with Crippen LogP contribution in [0.3, 0.4) is 0 Å². The van der Waals surface area contributed by atoms with Gasteiger partial charge in [-0.1, -0.05) is 23.4 Å². The Morgan fingerprint density at radius 1 is 1.42 bits per heavy atom. The monoisotopic (exact) mass is 182 g/mol. The van der Waals surface area contributed by atoms with Crippen LogP contribution in [0.4, 0.5) is 0 Å². The zero-order valence-corrected chi connectivity index (χ0v) is 6.97. The molecule has 0 spiro atoms. The summed E-state index contributed by atoms with van der Waals surface area (Å²) in [6, 6.07) is 4.50. The van der Waals surface area contributed by atoms with E-state index in [1.807, 2.05) is 0 Å². The molecule has 1 aromatic carbocycles. The minimum atomic E-state index is -0.197. The summed E-state index contributed by atoms with van der Waals surface area (Å²) in [6.45, 7) is -0.197. The summed E-state index contributed by atoms with van der Waals surface area (Å²) in [5.74, 6) is 5.22. The molecule has 0 amide bonds. The number of hydrogen-bond acceptors (Lipinski definition) is 2. The van der Waals surface area contributed by atoms with Crippen LogP contribution in [0, 0.1) is 11.8 Å². The highest BCUT2D eigenvalue weighted by Gasteiger charge is 1.96. The Hall–Kier alpha value is -1.17. The third kappa shape index (κ3) is 2.16. The maximum atomic E-state index is 8.98. The van der Waals surface area contributed by atoms with Gasteiger partial charge in [-0.15, -0.1) is 0 Å². The van der Waals surface area contributed by atoms with Gasteiger partial charge in [0, 0.05) is 5.56 Å². The van der Waals surface area contributed by atoms with Crippen LogP contribution in [0.5, 0.6) is 5.75 Å². The summed E-state index contributed by atoms with van der Waals surface area (Å²) >= 11 is 5.72. The molecule has 3 heteroatoms. The van der Waals surface area contributed by atoms with Crippen LogP contribution in [-0.2, 0) is 0 Å². The van der Waals surface area contributed by atoms with Crippen LogP contribution in [0.15, 0.2) is 18.2 Å². The first-order valence-electron chi connectivity index (χ1n) is 3.32. The average Bonchev–Trinajstić information content (AvgIpc) is 2.03. The smallest absolute Gasteiger partial charge is 0.117 e. The van der Waals surface area contributed by atoms with Gasteiger partial charge in [0.1, 0.15) is 12.4 Å². The molecule has 0 atom stereocenters. The third-order valence-electron chi connectivity index (χ3n) is 1.25. The zero-order valence-electron chi connectivity index (χ0n) is 6.21. The van der Waals surface area contributed by atoms with E-state index in [0.29, 0.717) is 10.6 Å². The van der Waals surface area contributed by atoms with E-state index >= 15 is 0 Å². The van der Waals surface area contributed by atoms with Crippen molar-refractivity contribution in [2.24, 2.45) is 0 Å². The number of aliphatic hydroxyl groups is 1. The Kier molecular flexibility index (Phi) is 2.98. The molecule has 2 nitrogen and oxygen atoms in total. The number of phenols is 1. The molecule has 0 aliphatic rings. The molecule has 0 aliphatic carbocycles. The van der Waals surface area contributed by atoms with E-state index in [1.165, 1.54) is 12.1 Å². The van der Waals surface area contributed by atoms with Crippen molar-refractivity contribution in [3.63, 3.8) is 0 Å². The molecule has 0 aliphatic heterocycles. The van der Waals surface area contributed by atoms with E-state index in [2.05, 4.69) is 11.8 Å². The Morgan fingerprint density at radius 3 is 2.75 bits per heavy atom. The molecular formula is C9H7ClO2. The lowest BCUT2D eigenvalue weighted by Gasteiger charge is -1.95. The second-order valence-electron chi connectivity index (χ2n) is 2.12. The predicted molar refractivity (Wildman–Crippen MR) is 47.1 cm³/mol. The first-order chi connectivity index (χ1) is 5.74. The fourth-order valence-electron chi connectivity index (χ4n) is 0.740. The Balaban J connectivity index is 3.01. The van der Waals surface area contributed by atoms with Gasteiger partial charge in [-0.2, -0.15) is 0 Å². The van der Waals surface area contributed by atoms with Crippen LogP contribution in [0.2, 0.25) is 5.02 Å². The topological polar surface area (TPSA) is 40.5 Å². The highest BCUT2D eigenvalue weighted by atomic mass is 35.5. The largest absolute Gasteiger partial charge is 0.508 e.